The van der Waals surface area contributed by atoms with Crippen LogP contribution in [0.5, 0.6) is 5.75 Å². The number of methoxy groups -OCH3 is 1. The third-order valence-electron chi connectivity index (χ3n) is 3.20. The summed E-state index contributed by atoms with van der Waals surface area (Å²) < 4.78 is 10.6. The van der Waals surface area contributed by atoms with E-state index in [0.29, 0.717) is 19.6 Å². The van der Waals surface area contributed by atoms with Crippen LogP contribution in [-0.4, -0.2) is 25.4 Å². The first-order valence-electron chi connectivity index (χ1n) is 5.53. The lowest BCUT2D eigenvalue weighted by molar-refractivity contribution is 0.0231. The van der Waals surface area contributed by atoms with Gasteiger partial charge in [0.2, 0.25) is 0 Å². The van der Waals surface area contributed by atoms with Crippen molar-refractivity contribution in [3.63, 3.8) is 0 Å². The summed E-state index contributed by atoms with van der Waals surface area (Å²) in [4.78, 5) is 0. The van der Waals surface area contributed by atoms with E-state index in [0.717, 1.165) is 22.4 Å². The Morgan fingerprint density at radius 3 is 2.38 bits per heavy atom. The van der Waals surface area contributed by atoms with Crippen LogP contribution in [0.4, 0.5) is 0 Å². The molecule has 0 amide bonds. The van der Waals surface area contributed by atoms with Gasteiger partial charge in [0.1, 0.15) is 11.4 Å². The van der Waals surface area contributed by atoms with Crippen LogP contribution in [0.25, 0.3) is 0 Å². The molecule has 1 saturated heterocycles. The number of hydrogen-bond donors (Lipinski definition) is 1. The molecular weight excluding hydrogens is 204 g/mol. The summed E-state index contributed by atoms with van der Waals surface area (Å²) in [6.45, 7) is 5.00. The minimum absolute atomic E-state index is 0.387. The summed E-state index contributed by atoms with van der Waals surface area (Å²) >= 11 is 0. The molecule has 1 N–H and O–H groups in total. The van der Waals surface area contributed by atoms with Crippen LogP contribution in [0.15, 0.2) is 12.1 Å². The second-order valence-corrected chi connectivity index (χ2v) is 4.48. The molecule has 1 aliphatic rings. The smallest absolute Gasteiger partial charge is 0.124 e. The Labute approximate surface area is 96.0 Å². The normalized spacial score (nSPS) is 24.8. The van der Waals surface area contributed by atoms with E-state index in [9.17, 15) is 5.11 Å². The summed E-state index contributed by atoms with van der Waals surface area (Å²) in [6.07, 6.45) is 0.665. The van der Waals surface area contributed by atoms with Gasteiger partial charge in [-0.1, -0.05) is 0 Å². The van der Waals surface area contributed by atoms with E-state index < -0.39 is 5.60 Å². The zero-order chi connectivity index (χ0) is 11.8. The van der Waals surface area contributed by atoms with E-state index in [1.807, 2.05) is 26.0 Å². The zero-order valence-electron chi connectivity index (χ0n) is 10.0. The third kappa shape index (κ3) is 1.81. The van der Waals surface area contributed by atoms with Crippen molar-refractivity contribution < 1.29 is 14.6 Å². The lowest BCUT2D eigenvalue weighted by atomic mass is 9.90. The van der Waals surface area contributed by atoms with Crippen molar-refractivity contribution in [3.8, 4) is 5.75 Å². The minimum atomic E-state index is -0.818. The summed E-state index contributed by atoms with van der Waals surface area (Å²) in [7, 11) is 1.67. The summed E-state index contributed by atoms with van der Waals surface area (Å²) in [6, 6.07) is 3.97. The first-order valence-corrected chi connectivity index (χ1v) is 5.53. The third-order valence-corrected chi connectivity index (χ3v) is 3.20. The quantitative estimate of drug-likeness (QED) is 0.831. The Balaban J connectivity index is 2.43. The molecule has 1 aliphatic heterocycles. The molecular formula is C13H18O3. The summed E-state index contributed by atoms with van der Waals surface area (Å²) in [5, 5.41) is 10.4. The van der Waals surface area contributed by atoms with Crippen LogP contribution in [-0.2, 0) is 10.3 Å². The first kappa shape index (κ1) is 11.4. The average Bonchev–Trinajstić information content (AvgIpc) is 2.66. The van der Waals surface area contributed by atoms with Gasteiger partial charge in [-0.25, -0.2) is 0 Å². The Morgan fingerprint density at radius 1 is 1.31 bits per heavy atom. The standard InChI is InChI=1S/C13H18O3/c1-9-6-11(7-10(2)12(9)15-3)13(14)4-5-16-8-13/h6-7,14H,4-5,8H2,1-3H3. The van der Waals surface area contributed by atoms with E-state index in [1.165, 1.54) is 0 Å². The fraction of sp³-hybridized carbons (Fsp3) is 0.538. The van der Waals surface area contributed by atoms with Gasteiger partial charge in [0.15, 0.2) is 0 Å². The molecule has 1 unspecified atom stereocenters. The van der Waals surface area contributed by atoms with Gasteiger partial charge in [0, 0.05) is 13.0 Å². The lowest BCUT2D eigenvalue weighted by Crippen LogP contribution is -2.25. The highest BCUT2D eigenvalue weighted by atomic mass is 16.5. The fourth-order valence-corrected chi connectivity index (χ4v) is 2.32. The number of hydrogen-bond acceptors (Lipinski definition) is 3. The van der Waals surface area contributed by atoms with Crippen molar-refractivity contribution in [2.45, 2.75) is 25.9 Å². The predicted octanol–water partition coefficient (Wildman–Crippen LogP) is 1.92. The second-order valence-electron chi connectivity index (χ2n) is 4.48. The molecule has 3 heteroatoms. The van der Waals surface area contributed by atoms with Crippen molar-refractivity contribution in [2.24, 2.45) is 0 Å². The van der Waals surface area contributed by atoms with Gasteiger partial charge in [0.25, 0.3) is 0 Å². The van der Waals surface area contributed by atoms with Gasteiger partial charge >= 0.3 is 0 Å². The molecule has 0 spiro atoms. The maximum Gasteiger partial charge on any atom is 0.124 e. The van der Waals surface area contributed by atoms with E-state index in [4.69, 9.17) is 9.47 Å². The molecule has 1 atom stereocenters. The van der Waals surface area contributed by atoms with Crippen molar-refractivity contribution >= 4 is 0 Å². The van der Waals surface area contributed by atoms with E-state index >= 15 is 0 Å². The fourth-order valence-electron chi connectivity index (χ4n) is 2.32. The van der Waals surface area contributed by atoms with Gasteiger partial charge in [-0.2, -0.15) is 0 Å². The minimum Gasteiger partial charge on any atom is -0.496 e. The summed E-state index contributed by atoms with van der Waals surface area (Å²) in [5.41, 5.74) is 2.22. The largest absolute Gasteiger partial charge is 0.496 e. The van der Waals surface area contributed by atoms with Crippen molar-refractivity contribution in [1.82, 2.24) is 0 Å². The van der Waals surface area contributed by atoms with E-state index in [-0.39, 0.29) is 0 Å². The maximum atomic E-state index is 10.4. The van der Waals surface area contributed by atoms with Crippen LogP contribution in [0, 0.1) is 13.8 Å². The van der Waals surface area contributed by atoms with Crippen LogP contribution < -0.4 is 4.74 Å². The maximum absolute atomic E-state index is 10.4. The van der Waals surface area contributed by atoms with Crippen LogP contribution in [0.3, 0.4) is 0 Å². The molecule has 1 fully saturated rings. The summed E-state index contributed by atoms with van der Waals surface area (Å²) in [5.74, 6) is 0.895. The number of aliphatic hydroxyl groups is 1. The van der Waals surface area contributed by atoms with Crippen molar-refractivity contribution in [3.05, 3.63) is 28.8 Å². The molecule has 2 rings (SSSR count). The zero-order valence-corrected chi connectivity index (χ0v) is 10.0. The van der Waals surface area contributed by atoms with Crippen molar-refractivity contribution in [2.75, 3.05) is 20.3 Å². The van der Waals surface area contributed by atoms with E-state index in [2.05, 4.69) is 0 Å². The van der Waals surface area contributed by atoms with Crippen LogP contribution in [0.2, 0.25) is 0 Å². The second kappa shape index (κ2) is 4.07. The highest BCUT2D eigenvalue weighted by Crippen LogP contribution is 2.34. The molecule has 0 radical (unpaired) electrons. The predicted molar refractivity (Wildman–Crippen MR) is 61.8 cm³/mol. The molecule has 16 heavy (non-hydrogen) atoms. The molecule has 88 valence electrons. The SMILES string of the molecule is COc1c(C)cc(C2(O)CCOC2)cc1C. The number of aryl methyl sites for hydroxylation is 2. The highest BCUT2D eigenvalue weighted by molar-refractivity contribution is 5.45. The number of ether oxygens (including phenoxy) is 2. The van der Waals surface area contributed by atoms with Gasteiger partial charge in [0.05, 0.1) is 13.7 Å². The first-order chi connectivity index (χ1) is 7.57. The Kier molecular flexibility index (Phi) is 2.91. The molecule has 1 aromatic carbocycles. The van der Waals surface area contributed by atoms with Gasteiger partial charge in [-0.3, -0.25) is 0 Å². The Bertz CT molecular complexity index is 369. The molecule has 1 aromatic rings. The molecule has 0 bridgehead atoms. The van der Waals surface area contributed by atoms with Gasteiger partial charge < -0.3 is 14.6 Å². The lowest BCUT2D eigenvalue weighted by Gasteiger charge is -2.23. The average molecular weight is 222 g/mol. The molecule has 0 saturated carbocycles. The van der Waals surface area contributed by atoms with E-state index in [1.54, 1.807) is 7.11 Å². The molecule has 0 aliphatic carbocycles. The molecule has 3 nitrogen and oxygen atoms in total. The highest BCUT2D eigenvalue weighted by Gasteiger charge is 2.34. The van der Waals surface area contributed by atoms with Gasteiger partial charge in [-0.05, 0) is 42.7 Å². The molecule has 1 heterocycles. The number of rotatable bonds is 2. The van der Waals surface area contributed by atoms with Crippen LogP contribution >= 0.6 is 0 Å². The molecule has 0 aromatic heterocycles. The van der Waals surface area contributed by atoms with Gasteiger partial charge in [-0.15, -0.1) is 0 Å². The number of benzene rings is 1. The van der Waals surface area contributed by atoms with Crippen LogP contribution in [0.1, 0.15) is 23.1 Å². The Hall–Kier alpha value is -1.06. The monoisotopic (exact) mass is 222 g/mol. The topological polar surface area (TPSA) is 38.7 Å². The van der Waals surface area contributed by atoms with Crippen molar-refractivity contribution in [1.29, 1.82) is 0 Å². The Morgan fingerprint density at radius 2 is 1.94 bits per heavy atom.